The molecule has 0 spiro atoms. The molecule has 0 unspecified atom stereocenters. The fraction of sp³-hybridized carbons (Fsp3) is 0. The first-order chi connectivity index (χ1) is 14.4. The SMILES string of the molecule is O=C(Nc1cc(Cl)ccc1C(=O)O)c1ccc2c(c1)C(=O)N(c1ccccc1)C2=O. The van der Waals surface area contributed by atoms with Crippen molar-refractivity contribution in [2.45, 2.75) is 0 Å². The zero-order valence-electron chi connectivity index (χ0n) is 15.3. The summed E-state index contributed by atoms with van der Waals surface area (Å²) in [6, 6.07) is 16.6. The molecule has 1 aliphatic heterocycles. The Morgan fingerprint density at radius 3 is 2.27 bits per heavy atom. The minimum atomic E-state index is -1.23. The van der Waals surface area contributed by atoms with Crippen LogP contribution < -0.4 is 10.2 Å². The Bertz CT molecular complexity index is 1220. The van der Waals surface area contributed by atoms with Crippen LogP contribution in [-0.2, 0) is 0 Å². The smallest absolute Gasteiger partial charge is 0.337 e. The number of imide groups is 1. The van der Waals surface area contributed by atoms with Crippen LogP contribution in [0.15, 0.2) is 66.7 Å². The summed E-state index contributed by atoms with van der Waals surface area (Å²) < 4.78 is 0. The third kappa shape index (κ3) is 3.31. The minimum absolute atomic E-state index is 0.0220. The van der Waals surface area contributed by atoms with Gasteiger partial charge in [-0.05, 0) is 48.5 Å². The van der Waals surface area contributed by atoms with Gasteiger partial charge in [-0.2, -0.15) is 0 Å². The molecule has 3 amide bonds. The van der Waals surface area contributed by atoms with Gasteiger partial charge in [0.1, 0.15) is 0 Å². The summed E-state index contributed by atoms with van der Waals surface area (Å²) in [5.74, 6) is -2.88. The van der Waals surface area contributed by atoms with Crippen LogP contribution >= 0.6 is 11.6 Å². The van der Waals surface area contributed by atoms with Crippen molar-refractivity contribution in [3.8, 4) is 0 Å². The maximum absolute atomic E-state index is 12.8. The Balaban J connectivity index is 1.65. The summed E-state index contributed by atoms with van der Waals surface area (Å²) in [5.41, 5.74) is 0.709. The van der Waals surface area contributed by atoms with Gasteiger partial charge in [-0.3, -0.25) is 14.4 Å². The number of carboxylic acids is 1. The molecule has 3 aromatic carbocycles. The number of halogens is 1. The second-order valence-electron chi connectivity index (χ2n) is 6.49. The molecule has 2 N–H and O–H groups in total. The number of para-hydroxylation sites is 1. The first-order valence-electron chi connectivity index (χ1n) is 8.79. The predicted molar refractivity (Wildman–Crippen MR) is 110 cm³/mol. The summed E-state index contributed by atoms with van der Waals surface area (Å²) in [6.45, 7) is 0. The molecule has 3 aromatic rings. The van der Waals surface area contributed by atoms with Crippen LogP contribution in [-0.4, -0.2) is 28.8 Å². The molecule has 7 nitrogen and oxygen atoms in total. The molecule has 8 heteroatoms. The highest BCUT2D eigenvalue weighted by atomic mass is 35.5. The van der Waals surface area contributed by atoms with Crippen molar-refractivity contribution in [2.75, 3.05) is 10.2 Å². The third-order valence-electron chi connectivity index (χ3n) is 4.62. The topological polar surface area (TPSA) is 104 Å². The number of anilines is 2. The number of carboxylic acid groups (broad SMARTS) is 1. The number of hydrogen-bond donors (Lipinski definition) is 2. The standard InChI is InChI=1S/C22H13ClN2O5/c23-13-7-9-16(22(29)30)18(11-13)24-19(26)12-6-8-15-17(10-12)21(28)25(20(15)27)14-4-2-1-3-5-14/h1-11H,(H,24,26)(H,29,30). The largest absolute Gasteiger partial charge is 0.478 e. The van der Waals surface area contributed by atoms with Gasteiger partial charge in [0.2, 0.25) is 0 Å². The van der Waals surface area contributed by atoms with Crippen molar-refractivity contribution in [1.29, 1.82) is 0 Å². The van der Waals surface area contributed by atoms with E-state index < -0.39 is 23.7 Å². The van der Waals surface area contributed by atoms with Crippen LogP contribution in [0.3, 0.4) is 0 Å². The van der Waals surface area contributed by atoms with E-state index in [-0.39, 0.29) is 33.0 Å². The molecular formula is C22H13ClN2O5. The number of hydrogen-bond acceptors (Lipinski definition) is 4. The number of carbonyl (C=O) groups excluding carboxylic acids is 3. The fourth-order valence-electron chi connectivity index (χ4n) is 3.19. The van der Waals surface area contributed by atoms with E-state index in [1.807, 2.05) is 0 Å². The van der Waals surface area contributed by atoms with Crippen molar-refractivity contribution in [3.63, 3.8) is 0 Å². The summed E-state index contributed by atoms with van der Waals surface area (Å²) in [7, 11) is 0. The van der Waals surface area contributed by atoms with Crippen LogP contribution in [0, 0.1) is 0 Å². The molecule has 1 heterocycles. The molecular weight excluding hydrogens is 408 g/mol. The summed E-state index contributed by atoms with van der Waals surface area (Å²) in [4.78, 5) is 50.6. The van der Waals surface area contributed by atoms with Gasteiger partial charge >= 0.3 is 5.97 Å². The average molecular weight is 421 g/mol. The van der Waals surface area contributed by atoms with E-state index in [0.29, 0.717) is 5.69 Å². The van der Waals surface area contributed by atoms with E-state index in [1.54, 1.807) is 30.3 Å². The molecule has 4 rings (SSSR count). The van der Waals surface area contributed by atoms with E-state index in [4.69, 9.17) is 11.6 Å². The van der Waals surface area contributed by atoms with Crippen LogP contribution in [0.1, 0.15) is 41.4 Å². The van der Waals surface area contributed by atoms with E-state index in [0.717, 1.165) is 4.90 Å². The average Bonchev–Trinajstić information content (AvgIpc) is 2.98. The lowest BCUT2D eigenvalue weighted by Gasteiger charge is -2.13. The molecule has 0 saturated heterocycles. The van der Waals surface area contributed by atoms with Gasteiger partial charge in [0, 0.05) is 10.6 Å². The number of nitrogens with zero attached hydrogens (tertiary/aromatic N) is 1. The normalized spacial score (nSPS) is 12.6. The molecule has 0 aromatic heterocycles. The number of benzene rings is 3. The molecule has 148 valence electrons. The molecule has 0 fully saturated rings. The van der Waals surface area contributed by atoms with E-state index in [1.165, 1.54) is 36.4 Å². The number of amides is 3. The Hall–Kier alpha value is -3.97. The molecule has 30 heavy (non-hydrogen) atoms. The summed E-state index contributed by atoms with van der Waals surface area (Å²) >= 11 is 5.91. The first-order valence-corrected chi connectivity index (χ1v) is 9.16. The van der Waals surface area contributed by atoms with Gasteiger partial charge in [-0.15, -0.1) is 0 Å². The second-order valence-corrected chi connectivity index (χ2v) is 6.93. The number of nitrogens with one attached hydrogen (secondary N) is 1. The van der Waals surface area contributed by atoms with Crippen molar-refractivity contribution in [2.24, 2.45) is 0 Å². The van der Waals surface area contributed by atoms with E-state index in [9.17, 15) is 24.3 Å². The molecule has 0 aliphatic carbocycles. The fourth-order valence-corrected chi connectivity index (χ4v) is 3.37. The molecule has 1 aliphatic rings. The number of rotatable bonds is 4. The van der Waals surface area contributed by atoms with Gasteiger partial charge in [-0.25, -0.2) is 9.69 Å². The Morgan fingerprint density at radius 1 is 0.867 bits per heavy atom. The first kappa shape index (κ1) is 19.4. The van der Waals surface area contributed by atoms with Crippen molar-refractivity contribution in [3.05, 3.63) is 94.0 Å². The van der Waals surface area contributed by atoms with Crippen LogP contribution in [0.2, 0.25) is 5.02 Å². The quantitative estimate of drug-likeness (QED) is 0.618. The van der Waals surface area contributed by atoms with Gasteiger partial charge in [0.25, 0.3) is 17.7 Å². The zero-order valence-corrected chi connectivity index (χ0v) is 16.0. The van der Waals surface area contributed by atoms with Crippen molar-refractivity contribution < 1.29 is 24.3 Å². The predicted octanol–water partition coefficient (Wildman–Crippen LogP) is 4.09. The molecule has 0 atom stereocenters. The lowest BCUT2D eigenvalue weighted by atomic mass is 10.0. The molecule has 0 radical (unpaired) electrons. The highest BCUT2D eigenvalue weighted by Gasteiger charge is 2.37. The minimum Gasteiger partial charge on any atom is -0.478 e. The number of aromatic carboxylic acids is 1. The molecule has 0 bridgehead atoms. The summed E-state index contributed by atoms with van der Waals surface area (Å²) in [5, 5.41) is 12.0. The van der Waals surface area contributed by atoms with Crippen LogP contribution in [0.25, 0.3) is 0 Å². The van der Waals surface area contributed by atoms with Crippen LogP contribution in [0.4, 0.5) is 11.4 Å². The lowest BCUT2D eigenvalue weighted by molar-refractivity contribution is 0.0697. The van der Waals surface area contributed by atoms with E-state index in [2.05, 4.69) is 5.32 Å². The van der Waals surface area contributed by atoms with Crippen LogP contribution in [0.5, 0.6) is 0 Å². The van der Waals surface area contributed by atoms with Gasteiger partial charge in [-0.1, -0.05) is 29.8 Å². The Labute approximate surface area is 175 Å². The number of carbonyl (C=O) groups is 4. The van der Waals surface area contributed by atoms with Gasteiger partial charge in [0.05, 0.1) is 28.1 Å². The zero-order chi connectivity index (χ0) is 21.4. The third-order valence-corrected chi connectivity index (χ3v) is 4.86. The molecule has 0 saturated carbocycles. The maximum atomic E-state index is 12.8. The van der Waals surface area contributed by atoms with Crippen molar-refractivity contribution in [1.82, 2.24) is 0 Å². The number of fused-ring (bicyclic) bond motifs is 1. The van der Waals surface area contributed by atoms with Gasteiger partial charge < -0.3 is 10.4 Å². The maximum Gasteiger partial charge on any atom is 0.337 e. The van der Waals surface area contributed by atoms with Gasteiger partial charge in [0.15, 0.2) is 0 Å². The highest BCUT2D eigenvalue weighted by molar-refractivity contribution is 6.35. The monoisotopic (exact) mass is 420 g/mol. The second kappa shape index (κ2) is 7.46. The highest BCUT2D eigenvalue weighted by Crippen LogP contribution is 2.29. The van der Waals surface area contributed by atoms with Crippen molar-refractivity contribution >= 4 is 46.7 Å². The lowest BCUT2D eigenvalue weighted by Crippen LogP contribution is -2.29. The summed E-state index contributed by atoms with van der Waals surface area (Å²) in [6.07, 6.45) is 0. The Kier molecular flexibility index (Phi) is 4.81. The Morgan fingerprint density at radius 2 is 1.57 bits per heavy atom. The van der Waals surface area contributed by atoms with E-state index >= 15 is 0 Å².